The summed E-state index contributed by atoms with van der Waals surface area (Å²) in [4.78, 5) is 0. The number of hydrogen-bond acceptors (Lipinski definition) is 2. The summed E-state index contributed by atoms with van der Waals surface area (Å²) < 4.78 is 26.7. The zero-order valence-corrected chi connectivity index (χ0v) is 7.07. The first-order valence-corrected chi connectivity index (χ1v) is 2.83. The first kappa shape index (κ1) is 10.8. The summed E-state index contributed by atoms with van der Waals surface area (Å²) in [6.45, 7) is 1.25. The normalized spacial score (nSPS) is 10.0. The van der Waals surface area contributed by atoms with Gasteiger partial charge in [-0.1, -0.05) is 0 Å². The molecule has 0 aliphatic carbocycles. The number of rotatable bonds is 1. The second-order valence-corrected chi connectivity index (χ2v) is 2.25. The Morgan fingerprint density at radius 2 is 1.71 bits per heavy atom. The minimum absolute atomic E-state index is 0. The van der Waals surface area contributed by atoms with Crippen molar-refractivity contribution in [2.45, 2.75) is 6.92 Å². The van der Waals surface area contributed by atoms with E-state index in [-0.39, 0.29) is 29.6 Å². The molecule has 5 heteroatoms. The average Bonchev–Trinajstić information content (AvgIpc) is 1.35. The van der Waals surface area contributed by atoms with Crippen LogP contribution in [0.25, 0.3) is 0 Å². The molecule has 0 bridgehead atoms. The van der Waals surface area contributed by atoms with Crippen LogP contribution in [0.1, 0.15) is 6.92 Å². The molecule has 0 aliphatic heterocycles. The van der Waals surface area contributed by atoms with Crippen LogP contribution in [0, 0.1) is 5.75 Å². The van der Waals surface area contributed by atoms with Gasteiger partial charge in [-0.05, 0) is 0 Å². The fourth-order valence-corrected chi connectivity index (χ4v) is 0. The maximum Gasteiger partial charge on any atom is 1.00 e. The van der Waals surface area contributed by atoms with Gasteiger partial charge in [0.15, 0.2) is 0 Å². The maximum atomic E-state index is 9.50. The Hall–Kier alpha value is 0.910. The minimum atomic E-state index is -3.79. The van der Waals surface area contributed by atoms with Crippen molar-refractivity contribution in [2.24, 2.45) is 0 Å². The molecule has 0 saturated heterocycles. The van der Waals surface area contributed by atoms with E-state index in [1.165, 1.54) is 6.92 Å². The van der Waals surface area contributed by atoms with Crippen molar-refractivity contribution < 1.29 is 42.5 Å². The third kappa shape index (κ3) is 10.9. The van der Waals surface area contributed by atoms with Crippen LogP contribution < -0.4 is 29.6 Å². The Balaban J connectivity index is 0. The van der Waals surface area contributed by atoms with Crippen LogP contribution in [0.4, 0.5) is 0 Å². The summed E-state index contributed by atoms with van der Waals surface area (Å²) in [7, 11) is -3.79. The molecule has 38 valence electrons. The maximum absolute atomic E-state index is 9.50. The van der Waals surface area contributed by atoms with Crippen LogP contribution in [0.2, 0.25) is 0 Å². The first-order valence-electron chi connectivity index (χ1n) is 1.33. The van der Waals surface area contributed by atoms with E-state index in [2.05, 4.69) is 0 Å². The molecule has 0 aromatic rings. The van der Waals surface area contributed by atoms with Crippen LogP contribution in [-0.4, -0.2) is 13.0 Å². The SMILES string of the molecule is C[CH-]S(=O)(=O)O.[Na+]. The molecule has 0 aromatic carbocycles. The molecule has 0 heterocycles. The summed E-state index contributed by atoms with van der Waals surface area (Å²) in [6.07, 6.45) is 0. The fourth-order valence-electron chi connectivity index (χ4n) is 0. The van der Waals surface area contributed by atoms with Gasteiger partial charge < -0.3 is 4.55 Å². The van der Waals surface area contributed by atoms with Gasteiger partial charge in [0.1, 0.15) is 10.1 Å². The predicted octanol–water partition coefficient (Wildman–Crippen LogP) is -2.94. The van der Waals surface area contributed by atoms with Gasteiger partial charge >= 0.3 is 29.6 Å². The molecule has 3 nitrogen and oxygen atoms in total. The molecule has 0 aromatic heterocycles. The molecule has 0 saturated carbocycles. The summed E-state index contributed by atoms with van der Waals surface area (Å²) in [5, 5.41) is 0. The standard InChI is InChI=1S/C2H5O3S.Na/c1-2-6(3,4)5;/h2H,1H3,(H,3,4,5);/q-1;+1. The van der Waals surface area contributed by atoms with E-state index >= 15 is 0 Å². The Labute approximate surface area is 65.1 Å². The molecule has 0 atom stereocenters. The minimum Gasteiger partial charge on any atom is -0.309 e. The largest absolute Gasteiger partial charge is 1.00 e. The Kier molecular flexibility index (Phi) is 5.96. The molecule has 0 radical (unpaired) electrons. The van der Waals surface area contributed by atoms with Crippen LogP contribution in [0.5, 0.6) is 0 Å². The van der Waals surface area contributed by atoms with Crippen LogP contribution in [0.3, 0.4) is 0 Å². The van der Waals surface area contributed by atoms with E-state index in [4.69, 9.17) is 4.55 Å². The zero-order chi connectivity index (χ0) is 5.21. The predicted molar refractivity (Wildman–Crippen MR) is 21.5 cm³/mol. The van der Waals surface area contributed by atoms with E-state index in [1.54, 1.807) is 0 Å². The monoisotopic (exact) mass is 132 g/mol. The van der Waals surface area contributed by atoms with Crippen molar-refractivity contribution >= 4 is 10.1 Å². The molecule has 1 N–H and O–H groups in total. The van der Waals surface area contributed by atoms with Crippen molar-refractivity contribution in [1.82, 2.24) is 0 Å². The van der Waals surface area contributed by atoms with Gasteiger partial charge in [0.2, 0.25) is 0 Å². The topological polar surface area (TPSA) is 54.4 Å². The summed E-state index contributed by atoms with van der Waals surface area (Å²) in [6, 6.07) is 0. The fraction of sp³-hybridized carbons (Fsp3) is 0.500. The molecule has 7 heavy (non-hydrogen) atoms. The van der Waals surface area contributed by atoms with E-state index in [0.29, 0.717) is 5.75 Å². The van der Waals surface area contributed by atoms with E-state index in [9.17, 15) is 8.42 Å². The van der Waals surface area contributed by atoms with E-state index < -0.39 is 10.1 Å². The van der Waals surface area contributed by atoms with Crippen molar-refractivity contribution in [3.8, 4) is 0 Å². The van der Waals surface area contributed by atoms with Gasteiger partial charge in [0.05, 0.1) is 0 Å². The molecular formula is C2H5NaO3S. The van der Waals surface area contributed by atoms with Gasteiger partial charge in [-0.15, -0.1) is 0 Å². The van der Waals surface area contributed by atoms with Crippen molar-refractivity contribution in [2.75, 3.05) is 0 Å². The summed E-state index contributed by atoms with van der Waals surface area (Å²) in [5.41, 5.74) is 0. The van der Waals surface area contributed by atoms with Crippen molar-refractivity contribution in [1.29, 1.82) is 0 Å². The number of hydrogen-bond donors (Lipinski definition) is 1. The molecular weight excluding hydrogens is 127 g/mol. The Morgan fingerprint density at radius 3 is 1.71 bits per heavy atom. The zero-order valence-electron chi connectivity index (χ0n) is 4.25. The van der Waals surface area contributed by atoms with Crippen molar-refractivity contribution in [3.05, 3.63) is 5.75 Å². The third-order valence-electron chi connectivity index (χ3n) is 0.298. The Morgan fingerprint density at radius 1 is 1.57 bits per heavy atom. The van der Waals surface area contributed by atoms with E-state index in [0.717, 1.165) is 0 Å². The van der Waals surface area contributed by atoms with Gasteiger partial charge in [0, 0.05) is 0 Å². The summed E-state index contributed by atoms with van der Waals surface area (Å²) >= 11 is 0. The van der Waals surface area contributed by atoms with E-state index in [1.807, 2.05) is 0 Å². The second kappa shape index (κ2) is 3.86. The van der Waals surface area contributed by atoms with Gasteiger partial charge in [-0.3, -0.25) is 0 Å². The van der Waals surface area contributed by atoms with Gasteiger partial charge in [0.25, 0.3) is 0 Å². The second-order valence-electron chi connectivity index (χ2n) is 0.751. The summed E-state index contributed by atoms with van der Waals surface area (Å²) in [5.74, 6) is 0.715. The third-order valence-corrected chi connectivity index (χ3v) is 0.894. The van der Waals surface area contributed by atoms with Gasteiger partial charge in [-0.2, -0.15) is 12.7 Å². The molecule has 0 unspecified atom stereocenters. The molecule has 0 aliphatic rings. The van der Waals surface area contributed by atoms with Crippen LogP contribution in [-0.2, 0) is 10.1 Å². The molecule has 0 fully saturated rings. The smallest absolute Gasteiger partial charge is 0.309 e. The average molecular weight is 132 g/mol. The molecule has 0 rings (SSSR count). The van der Waals surface area contributed by atoms with Crippen LogP contribution >= 0.6 is 0 Å². The van der Waals surface area contributed by atoms with Crippen LogP contribution in [0.15, 0.2) is 0 Å². The molecule has 0 amide bonds. The quantitative estimate of drug-likeness (QED) is 0.236. The first-order chi connectivity index (χ1) is 2.56. The Bertz CT molecular complexity index is 115. The van der Waals surface area contributed by atoms with Crippen molar-refractivity contribution in [3.63, 3.8) is 0 Å². The van der Waals surface area contributed by atoms with Gasteiger partial charge in [-0.25, -0.2) is 8.42 Å². The molecule has 0 spiro atoms.